The maximum Gasteiger partial charge on any atom is 0.217 e. The summed E-state index contributed by atoms with van der Waals surface area (Å²) in [6.07, 6.45) is 2.66. The number of pyridine rings is 1. The Labute approximate surface area is 108 Å². The molecule has 0 bridgehead atoms. The molecule has 1 aromatic rings. The van der Waals surface area contributed by atoms with Gasteiger partial charge in [0.15, 0.2) is 0 Å². The van der Waals surface area contributed by atoms with E-state index in [1.165, 1.54) is 0 Å². The third kappa shape index (κ3) is 5.95. The molecule has 0 spiro atoms. The normalized spacial score (nSPS) is 10.6. The van der Waals surface area contributed by atoms with Crippen LogP contribution in [0.3, 0.4) is 0 Å². The zero-order chi connectivity index (χ0) is 13.1. The SMILES string of the molecule is COCCCOCCNCc1cccnc1OC. The van der Waals surface area contributed by atoms with Crippen LogP contribution in [-0.4, -0.2) is 45.6 Å². The van der Waals surface area contributed by atoms with Crippen LogP contribution in [-0.2, 0) is 16.0 Å². The summed E-state index contributed by atoms with van der Waals surface area (Å²) < 4.78 is 15.5. The Morgan fingerprint density at radius 2 is 2.11 bits per heavy atom. The first-order chi connectivity index (χ1) is 8.88. The zero-order valence-corrected chi connectivity index (χ0v) is 11.1. The van der Waals surface area contributed by atoms with E-state index in [2.05, 4.69) is 10.3 Å². The number of nitrogens with one attached hydrogen (secondary N) is 1. The topological polar surface area (TPSA) is 52.6 Å². The molecule has 1 aromatic heterocycles. The molecule has 0 atom stereocenters. The first kappa shape index (κ1) is 14.9. The van der Waals surface area contributed by atoms with Gasteiger partial charge in [-0.1, -0.05) is 6.07 Å². The fourth-order valence-electron chi connectivity index (χ4n) is 1.52. The summed E-state index contributed by atoms with van der Waals surface area (Å²) in [5.41, 5.74) is 1.05. The van der Waals surface area contributed by atoms with E-state index in [9.17, 15) is 0 Å². The Morgan fingerprint density at radius 1 is 1.22 bits per heavy atom. The number of methoxy groups -OCH3 is 2. The van der Waals surface area contributed by atoms with Crippen molar-refractivity contribution in [3.63, 3.8) is 0 Å². The minimum absolute atomic E-state index is 0.672. The summed E-state index contributed by atoms with van der Waals surface area (Å²) in [6, 6.07) is 3.90. The Balaban J connectivity index is 2.07. The van der Waals surface area contributed by atoms with E-state index in [1.807, 2.05) is 12.1 Å². The summed E-state index contributed by atoms with van der Waals surface area (Å²) >= 11 is 0. The van der Waals surface area contributed by atoms with Gasteiger partial charge in [0, 0.05) is 45.2 Å². The number of hydrogen-bond donors (Lipinski definition) is 1. The van der Waals surface area contributed by atoms with Crippen molar-refractivity contribution in [1.29, 1.82) is 0 Å². The quantitative estimate of drug-likeness (QED) is 0.637. The number of hydrogen-bond acceptors (Lipinski definition) is 5. The monoisotopic (exact) mass is 254 g/mol. The lowest BCUT2D eigenvalue weighted by molar-refractivity contribution is 0.104. The Kier molecular flexibility index (Phi) is 8.12. The fraction of sp³-hybridized carbons (Fsp3) is 0.615. The lowest BCUT2D eigenvalue weighted by atomic mass is 10.2. The van der Waals surface area contributed by atoms with Crippen molar-refractivity contribution >= 4 is 0 Å². The highest BCUT2D eigenvalue weighted by molar-refractivity contribution is 5.24. The van der Waals surface area contributed by atoms with Crippen LogP contribution in [0.1, 0.15) is 12.0 Å². The molecule has 0 amide bonds. The Hall–Kier alpha value is -1.17. The molecular formula is C13H22N2O3. The number of rotatable bonds is 10. The van der Waals surface area contributed by atoms with E-state index in [-0.39, 0.29) is 0 Å². The largest absolute Gasteiger partial charge is 0.481 e. The van der Waals surface area contributed by atoms with Crippen LogP contribution in [0.2, 0.25) is 0 Å². The molecule has 0 aromatic carbocycles. The van der Waals surface area contributed by atoms with E-state index in [0.717, 1.165) is 38.3 Å². The highest BCUT2D eigenvalue weighted by Gasteiger charge is 2.01. The van der Waals surface area contributed by atoms with E-state index >= 15 is 0 Å². The van der Waals surface area contributed by atoms with Crippen LogP contribution in [0, 0.1) is 0 Å². The molecule has 0 fully saturated rings. The molecule has 0 unspecified atom stereocenters. The maximum atomic E-state index is 5.44. The molecule has 1 N–H and O–H groups in total. The molecule has 0 saturated carbocycles. The molecule has 0 aliphatic heterocycles. The van der Waals surface area contributed by atoms with Gasteiger partial charge in [-0.25, -0.2) is 4.98 Å². The van der Waals surface area contributed by atoms with Crippen molar-refractivity contribution in [2.45, 2.75) is 13.0 Å². The van der Waals surface area contributed by atoms with Crippen LogP contribution in [0.5, 0.6) is 5.88 Å². The molecule has 0 aliphatic rings. The van der Waals surface area contributed by atoms with E-state index < -0.39 is 0 Å². The highest BCUT2D eigenvalue weighted by atomic mass is 16.5. The number of aromatic nitrogens is 1. The van der Waals surface area contributed by atoms with Gasteiger partial charge in [-0.3, -0.25) is 0 Å². The smallest absolute Gasteiger partial charge is 0.217 e. The van der Waals surface area contributed by atoms with Crippen molar-refractivity contribution in [3.05, 3.63) is 23.9 Å². The summed E-state index contributed by atoms with van der Waals surface area (Å²) in [7, 11) is 3.33. The molecular weight excluding hydrogens is 232 g/mol. The molecule has 1 rings (SSSR count). The predicted octanol–water partition coefficient (Wildman–Crippen LogP) is 1.23. The fourth-order valence-corrected chi connectivity index (χ4v) is 1.52. The molecule has 0 radical (unpaired) electrons. The van der Waals surface area contributed by atoms with Crippen LogP contribution in [0.4, 0.5) is 0 Å². The van der Waals surface area contributed by atoms with Gasteiger partial charge in [-0.05, 0) is 12.5 Å². The van der Waals surface area contributed by atoms with Gasteiger partial charge < -0.3 is 19.5 Å². The predicted molar refractivity (Wildman–Crippen MR) is 69.8 cm³/mol. The molecule has 5 heteroatoms. The molecule has 102 valence electrons. The molecule has 5 nitrogen and oxygen atoms in total. The molecule has 1 heterocycles. The molecule has 0 saturated heterocycles. The third-order valence-electron chi connectivity index (χ3n) is 2.42. The van der Waals surface area contributed by atoms with Crippen molar-refractivity contribution in [3.8, 4) is 5.88 Å². The van der Waals surface area contributed by atoms with Crippen molar-refractivity contribution in [1.82, 2.24) is 10.3 Å². The van der Waals surface area contributed by atoms with E-state index in [0.29, 0.717) is 12.5 Å². The second-order valence-corrected chi connectivity index (χ2v) is 3.81. The van der Waals surface area contributed by atoms with Crippen LogP contribution in [0.15, 0.2) is 18.3 Å². The van der Waals surface area contributed by atoms with Crippen molar-refractivity contribution in [2.24, 2.45) is 0 Å². The van der Waals surface area contributed by atoms with E-state index in [1.54, 1.807) is 20.4 Å². The highest BCUT2D eigenvalue weighted by Crippen LogP contribution is 2.12. The summed E-state index contributed by atoms with van der Waals surface area (Å²) in [4.78, 5) is 4.14. The van der Waals surface area contributed by atoms with Gasteiger partial charge >= 0.3 is 0 Å². The Morgan fingerprint density at radius 3 is 2.89 bits per heavy atom. The standard InChI is InChI=1S/C13H22N2O3/c1-16-8-4-9-18-10-7-14-11-12-5-3-6-15-13(12)17-2/h3,5-6,14H,4,7-11H2,1-2H3. The van der Waals surface area contributed by atoms with Crippen LogP contribution >= 0.6 is 0 Å². The lowest BCUT2D eigenvalue weighted by Crippen LogP contribution is -2.20. The second-order valence-electron chi connectivity index (χ2n) is 3.81. The second kappa shape index (κ2) is 9.82. The zero-order valence-electron chi connectivity index (χ0n) is 11.1. The summed E-state index contributed by atoms with van der Waals surface area (Å²) in [6.45, 7) is 3.74. The van der Waals surface area contributed by atoms with Gasteiger partial charge in [-0.2, -0.15) is 0 Å². The minimum atomic E-state index is 0.672. The van der Waals surface area contributed by atoms with Crippen molar-refractivity contribution < 1.29 is 14.2 Å². The lowest BCUT2D eigenvalue weighted by Gasteiger charge is -2.08. The minimum Gasteiger partial charge on any atom is -0.481 e. The van der Waals surface area contributed by atoms with Gasteiger partial charge in [-0.15, -0.1) is 0 Å². The van der Waals surface area contributed by atoms with Gasteiger partial charge in [0.25, 0.3) is 0 Å². The van der Waals surface area contributed by atoms with Gasteiger partial charge in [0.2, 0.25) is 5.88 Å². The summed E-state index contributed by atoms with van der Waals surface area (Å²) in [5, 5.41) is 3.29. The maximum absolute atomic E-state index is 5.44. The molecule has 0 aliphatic carbocycles. The van der Waals surface area contributed by atoms with Crippen LogP contribution < -0.4 is 10.1 Å². The first-order valence-electron chi connectivity index (χ1n) is 6.13. The molecule has 18 heavy (non-hydrogen) atoms. The van der Waals surface area contributed by atoms with Crippen molar-refractivity contribution in [2.75, 3.05) is 40.6 Å². The van der Waals surface area contributed by atoms with E-state index in [4.69, 9.17) is 14.2 Å². The third-order valence-corrected chi connectivity index (χ3v) is 2.42. The number of ether oxygens (including phenoxy) is 3. The van der Waals surface area contributed by atoms with Gasteiger partial charge in [0.05, 0.1) is 13.7 Å². The summed E-state index contributed by atoms with van der Waals surface area (Å²) in [5.74, 6) is 0.672. The number of nitrogens with zero attached hydrogens (tertiary/aromatic N) is 1. The first-order valence-corrected chi connectivity index (χ1v) is 6.13. The van der Waals surface area contributed by atoms with Crippen LogP contribution in [0.25, 0.3) is 0 Å². The average Bonchev–Trinajstić information content (AvgIpc) is 2.42. The average molecular weight is 254 g/mol. The Bertz CT molecular complexity index is 321. The van der Waals surface area contributed by atoms with Gasteiger partial charge in [0.1, 0.15) is 0 Å².